The minimum Gasteiger partial charge on any atom is -0.493 e. The minimum atomic E-state index is 0.206. The van der Waals surface area contributed by atoms with E-state index < -0.39 is 0 Å². The van der Waals surface area contributed by atoms with E-state index in [1.54, 1.807) is 0 Å². The number of para-hydroxylation sites is 1. The molecule has 0 aliphatic heterocycles. The lowest BCUT2D eigenvalue weighted by Crippen LogP contribution is -2.24. The molecule has 0 amide bonds. The predicted octanol–water partition coefficient (Wildman–Crippen LogP) is 5.45. The zero-order valence-corrected chi connectivity index (χ0v) is 15.6. The lowest BCUT2D eigenvalue weighted by Gasteiger charge is -2.20. The second-order valence-corrected chi connectivity index (χ2v) is 6.63. The first-order valence-electron chi connectivity index (χ1n) is 9.28. The fraction of sp³-hybridized carbons (Fsp3) is 0.250. The molecule has 1 N–H and O–H groups in total. The maximum absolute atomic E-state index is 6.02. The zero-order valence-electron chi connectivity index (χ0n) is 15.6. The highest BCUT2D eigenvalue weighted by molar-refractivity contribution is 5.39. The number of aryl methyl sites for hydroxylation is 2. The van der Waals surface area contributed by atoms with Crippen LogP contribution in [-0.2, 0) is 0 Å². The second-order valence-electron chi connectivity index (χ2n) is 6.63. The smallest absolute Gasteiger partial charge is 0.125 e. The molecule has 26 heavy (non-hydrogen) atoms. The highest BCUT2D eigenvalue weighted by atomic mass is 16.5. The minimum absolute atomic E-state index is 0.206. The normalized spacial score (nSPS) is 10.9. The number of ether oxygens (including phenoxy) is 1. The van der Waals surface area contributed by atoms with Gasteiger partial charge in [0.15, 0.2) is 0 Å². The van der Waals surface area contributed by atoms with Crippen molar-refractivity contribution in [2.45, 2.75) is 26.3 Å². The first-order chi connectivity index (χ1) is 12.8. The van der Waals surface area contributed by atoms with Crippen LogP contribution in [0.15, 0.2) is 78.9 Å². The number of rotatable bonds is 8. The molecule has 0 saturated carbocycles. The summed E-state index contributed by atoms with van der Waals surface area (Å²) in [6.45, 7) is 5.82. The first-order valence-corrected chi connectivity index (χ1v) is 9.28. The molecule has 0 bridgehead atoms. The third-order valence-corrected chi connectivity index (χ3v) is 4.59. The first kappa shape index (κ1) is 18.2. The maximum atomic E-state index is 6.02. The van der Waals surface area contributed by atoms with E-state index in [9.17, 15) is 0 Å². The van der Waals surface area contributed by atoms with Crippen LogP contribution in [0, 0.1) is 13.8 Å². The average Bonchev–Trinajstić information content (AvgIpc) is 2.68. The van der Waals surface area contributed by atoms with Gasteiger partial charge in [0, 0.05) is 0 Å². The summed E-state index contributed by atoms with van der Waals surface area (Å²) < 4.78 is 6.02. The fourth-order valence-corrected chi connectivity index (χ4v) is 3.24. The van der Waals surface area contributed by atoms with Gasteiger partial charge in [-0.15, -0.1) is 0 Å². The quantitative estimate of drug-likeness (QED) is 0.548. The van der Waals surface area contributed by atoms with Crippen LogP contribution in [0.4, 0.5) is 0 Å². The van der Waals surface area contributed by atoms with Crippen LogP contribution in [0.3, 0.4) is 0 Å². The summed E-state index contributed by atoms with van der Waals surface area (Å²) in [5.74, 6) is 1.02. The Hall–Kier alpha value is -2.58. The van der Waals surface area contributed by atoms with Gasteiger partial charge in [-0.05, 0) is 49.1 Å². The monoisotopic (exact) mass is 345 g/mol. The molecule has 0 saturated heterocycles. The summed E-state index contributed by atoms with van der Waals surface area (Å²) in [6.07, 6.45) is 0.962. The molecule has 0 heterocycles. The van der Waals surface area contributed by atoms with Gasteiger partial charge >= 0.3 is 0 Å². The highest BCUT2D eigenvalue weighted by Gasteiger charge is 2.12. The molecule has 3 rings (SSSR count). The van der Waals surface area contributed by atoms with Gasteiger partial charge in [0.2, 0.25) is 0 Å². The molecule has 0 aromatic heterocycles. The van der Waals surface area contributed by atoms with Crippen LogP contribution in [0.5, 0.6) is 5.75 Å². The molecule has 134 valence electrons. The van der Waals surface area contributed by atoms with Gasteiger partial charge in [0.25, 0.3) is 0 Å². The Bertz CT molecular complexity index is 739. The molecular formula is C24H27NO. The van der Waals surface area contributed by atoms with Crippen LogP contribution >= 0.6 is 0 Å². The summed E-state index contributed by atoms with van der Waals surface area (Å²) in [7, 11) is 0. The Morgan fingerprint density at radius 2 is 1.27 bits per heavy atom. The van der Waals surface area contributed by atoms with Crippen molar-refractivity contribution < 1.29 is 4.74 Å². The van der Waals surface area contributed by atoms with Crippen molar-refractivity contribution in [1.82, 2.24) is 5.32 Å². The Morgan fingerprint density at radius 3 is 1.81 bits per heavy atom. The number of benzene rings is 3. The SMILES string of the molecule is Cc1cccc(C)c1OCCCNC(c1ccccc1)c1ccccc1. The van der Waals surface area contributed by atoms with Crippen LogP contribution in [0.2, 0.25) is 0 Å². The Kier molecular flexibility index (Phi) is 6.45. The molecular weight excluding hydrogens is 318 g/mol. The van der Waals surface area contributed by atoms with E-state index >= 15 is 0 Å². The molecule has 2 heteroatoms. The van der Waals surface area contributed by atoms with Crippen molar-refractivity contribution in [2.24, 2.45) is 0 Å². The van der Waals surface area contributed by atoms with E-state index in [4.69, 9.17) is 4.74 Å². The predicted molar refractivity (Wildman–Crippen MR) is 109 cm³/mol. The molecule has 3 aromatic rings. The Balaban J connectivity index is 1.57. The summed E-state index contributed by atoms with van der Waals surface area (Å²) in [6, 6.07) is 27.7. The topological polar surface area (TPSA) is 21.3 Å². The molecule has 0 atom stereocenters. The molecule has 0 radical (unpaired) electrons. The van der Waals surface area contributed by atoms with Crippen LogP contribution < -0.4 is 10.1 Å². The molecule has 0 spiro atoms. The second kappa shape index (κ2) is 9.21. The summed E-state index contributed by atoms with van der Waals surface area (Å²) in [5, 5.41) is 3.69. The van der Waals surface area contributed by atoms with Crippen molar-refractivity contribution in [3.63, 3.8) is 0 Å². The van der Waals surface area contributed by atoms with Crippen LogP contribution in [-0.4, -0.2) is 13.2 Å². The van der Waals surface area contributed by atoms with Crippen LogP contribution in [0.25, 0.3) is 0 Å². The standard InChI is InChI=1S/C24H27NO/c1-19-11-9-12-20(2)24(19)26-18-10-17-25-23(21-13-5-3-6-14-21)22-15-7-4-8-16-22/h3-9,11-16,23,25H,10,17-18H2,1-2H3. The molecule has 0 aliphatic carbocycles. The third kappa shape index (κ3) is 4.74. The van der Waals surface area contributed by atoms with E-state index in [-0.39, 0.29) is 6.04 Å². The molecule has 2 nitrogen and oxygen atoms in total. The van der Waals surface area contributed by atoms with Crippen LogP contribution in [0.1, 0.15) is 34.7 Å². The lowest BCUT2D eigenvalue weighted by molar-refractivity contribution is 0.302. The van der Waals surface area contributed by atoms with E-state index in [0.29, 0.717) is 0 Å². The van der Waals surface area contributed by atoms with Gasteiger partial charge in [0.1, 0.15) is 5.75 Å². The number of nitrogens with one attached hydrogen (secondary N) is 1. The van der Waals surface area contributed by atoms with E-state index in [0.717, 1.165) is 25.3 Å². The highest BCUT2D eigenvalue weighted by Crippen LogP contribution is 2.23. The van der Waals surface area contributed by atoms with E-state index in [1.807, 2.05) is 0 Å². The van der Waals surface area contributed by atoms with E-state index in [1.165, 1.54) is 22.3 Å². The number of hydrogen-bond donors (Lipinski definition) is 1. The zero-order chi connectivity index (χ0) is 18.2. The third-order valence-electron chi connectivity index (χ3n) is 4.59. The van der Waals surface area contributed by atoms with Gasteiger partial charge in [-0.2, -0.15) is 0 Å². The fourth-order valence-electron chi connectivity index (χ4n) is 3.24. The number of hydrogen-bond acceptors (Lipinski definition) is 2. The van der Waals surface area contributed by atoms with Gasteiger partial charge < -0.3 is 10.1 Å². The van der Waals surface area contributed by atoms with Gasteiger partial charge in [-0.3, -0.25) is 0 Å². The summed E-state index contributed by atoms with van der Waals surface area (Å²) >= 11 is 0. The maximum Gasteiger partial charge on any atom is 0.125 e. The Morgan fingerprint density at radius 1 is 0.731 bits per heavy atom. The molecule has 3 aromatic carbocycles. The van der Waals surface area contributed by atoms with Gasteiger partial charge in [0.05, 0.1) is 12.6 Å². The molecule has 0 unspecified atom stereocenters. The summed E-state index contributed by atoms with van der Waals surface area (Å²) in [5.41, 5.74) is 4.97. The van der Waals surface area contributed by atoms with Crippen molar-refractivity contribution in [3.8, 4) is 5.75 Å². The van der Waals surface area contributed by atoms with Crippen molar-refractivity contribution >= 4 is 0 Å². The van der Waals surface area contributed by atoms with Gasteiger partial charge in [-0.25, -0.2) is 0 Å². The van der Waals surface area contributed by atoms with Crippen molar-refractivity contribution in [3.05, 3.63) is 101 Å². The average molecular weight is 345 g/mol. The lowest BCUT2D eigenvalue weighted by atomic mass is 9.99. The van der Waals surface area contributed by atoms with Gasteiger partial charge in [-0.1, -0.05) is 78.9 Å². The van der Waals surface area contributed by atoms with Crippen molar-refractivity contribution in [2.75, 3.05) is 13.2 Å². The summed E-state index contributed by atoms with van der Waals surface area (Å²) in [4.78, 5) is 0. The molecule has 0 fully saturated rings. The largest absolute Gasteiger partial charge is 0.493 e. The van der Waals surface area contributed by atoms with Crippen molar-refractivity contribution in [1.29, 1.82) is 0 Å². The Labute approximate surface area is 156 Å². The van der Waals surface area contributed by atoms with E-state index in [2.05, 4.69) is 98.0 Å². The molecule has 0 aliphatic rings.